The van der Waals surface area contributed by atoms with Gasteiger partial charge in [-0.15, -0.1) is 0 Å². The number of H-pyrrole nitrogens is 1. The number of rotatable bonds is 6. The first-order valence-corrected chi connectivity index (χ1v) is 14.1. The van der Waals surface area contributed by atoms with Crippen molar-refractivity contribution in [2.24, 2.45) is 22.2 Å². The van der Waals surface area contributed by atoms with Crippen molar-refractivity contribution in [3.05, 3.63) is 105 Å². The summed E-state index contributed by atoms with van der Waals surface area (Å²) in [5, 5.41) is 10.6. The van der Waals surface area contributed by atoms with Crippen LogP contribution in [0.2, 0.25) is 0 Å². The highest BCUT2D eigenvalue weighted by molar-refractivity contribution is 7.71. The number of carbonyl (C=O) groups is 1. The maximum absolute atomic E-state index is 13.8. The molecule has 6 nitrogen and oxygen atoms in total. The van der Waals surface area contributed by atoms with Gasteiger partial charge < -0.3 is 10.1 Å². The Morgan fingerprint density at radius 1 is 1.07 bits per heavy atom. The van der Waals surface area contributed by atoms with Crippen molar-refractivity contribution >= 4 is 40.5 Å². The van der Waals surface area contributed by atoms with Gasteiger partial charge in [-0.1, -0.05) is 102 Å². The van der Waals surface area contributed by atoms with Gasteiger partial charge in [0.25, 0.3) is 5.56 Å². The molecule has 206 valence electrons. The third-order valence-electron chi connectivity index (χ3n) is 7.92. The summed E-state index contributed by atoms with van der Waals surface area (Å²) in [6.07, 6.45) is 26.7. The van der Waals surface area contributed by atoms with Crippen LogP contribution < -0.4 is 5.56 Å². The van der Waals surface area contributed by atoms with E-state index < -0.39 is 11.5 Å². The average Bonchev–Trinajstić information content (AvgIpc) is 3.73. The largest absolute Gasteiger partial charge is 0.477 e. The Hall–Kier alpha value is -3.84. The molecular weight excluding hydrogens is 518 g/mol. The molecule has 0 saturated carbocycles. The van der Waals surface area contributed by atoms with Gasteiger partial charge in [0.1, 0.15) is 5.56 Å². The lowest BCUT2D eigenvalue weighted by molar-refractivity contribution is 0.0695. The first kappa shape index (κ1) is 27.7. The van der Waals surface area contributed by atoms with Gasteiger partial charge in [-0.2, -0.15) is 0 Å². The van der Waals surface area contributed by atoms with Crippen LogP contribution in [0, 0.1) is 26.9 Å². The molecule has 2 unspecified atom stereocenters. The number of aromatic nitrogens is 3. The monoisotopic (exact) mass is 553 g/mol. The summed E-state index contributed by atoms with van der Waals surface area (Å²) >= 11 is 5.60. The topological polar surface area (TPSA) is 88.0 Å². The van der Waals surface area contributed by atoms with Crippen LogP contribution in [-0.4, -0.2) is 25.6 Å². The highest BCUT2D eigenvalue weighted by Crippen LogP contribution is 2.43. The molecule has 3 aliphatic rings. The number of pyridine rings is 1. The molecule has 0 amide bonds. The zero-order chi connectivity index (χ0) is 28.9. The van der Waals surface area contributed by atoms with Crippen LogP contribution in [0.25, 0.3) is 22.3 Å². The van der Waals surface area contributed by atoms with E-state index in [1.165, 1.54) is 10.6 Å². The first-order valence-electron chi connectivity index (χ1n) is 13.7. The number of carboxylic acids is 1. The Morgan fingerprint density at radius 3 is 2.50 bits per heavy atom. The Bertz CT molecular complexity index is 1740. The number of carboxylic acid groups (broad SMARTS) is 1. The van der Waals surface area contributed by atoms with E-state index in [1.807, 2.05) is 24.3 Å². The van der Waals surface area contributed by atoms with Crippen LogP contribution in [0.5, 0.6) is 0 Å². The molecule has 2 aromatic heterocycles. The summed E-state index contributed by atoms with van der Waals surface area (Å²) in [7, 11) is 0. The molecular formula is C33H35N3O3S. The van der Waals surface area contributed by atoms with E-state index in [-0.39, 0.29) is 32.5 Å². The fraction of sp³-hybridized carbons (Fsp3) is 0.333. The summed E-state index contributed by atoms with van der Waals surface area (Å²) in [6.45, 7) is 10.7. The Kier molecular flexibility index (Phi) is 6.91. The van der Waals surface area contributed by atoms with E-state index in [4.69, 9.17) is 12.2 Å². The Balaban J connectivity index is 1.85. The number of hydrogen-bond donors (Lipinski definition) is 2. The van der Waals surface area contributed by atoms with Crippen molar-refractivity contribution in [2.75, 3.05) is 0 Å². The molecule has 0 aliphatic heterocycles. The lowest BCUT2D eigenvalue weighted by Crippen LogP contribution is -2.28. The lowest BCUT2D eigenvalue weighted by Gasteiger charge is -2.28. The van der Waals surface area contributed by atoms with E-state index in [0.717, 1.165) is 18.4 Å². The van der Waals surface area contributed by atoms with E-state index >= 15 is 0 Å². The number of nitrogens with one attached hydrogen (secondary N) is 1. The van der Waals surface area contributed by atoms with Gasteiger partial charge in [0.15, 0.2) is 10.4 Å². The molecule has 2 heterocycles. The summed E-state index contributed by atoms with van der Waals surface area (Å²) in [6, 6.07) is 1.43. The molecule has 0 bridgehead atoms. The van der Waals surface area contributed by atoms with Gasteiger partial charge >= 0.3 is 5.97 Å². The van der Waals surface area contributed by atoms with Gasteiger partial charge in [-0.25, -0.2) is 9.78 Å². The number of aromatic amines is 1. The van der Waals surface area contributed by atoms with Crippen LogP contribution in [0.15, 0.2) is 83.8 Å². The SMILES string of the molecule is CCCC1(C)/C=C\C(C)(C)/C=C\C(c2[nH]c(=S)nc3c2cc(C(=O)O)c(=O)n3C2=CC(C)(C3C=C3)C=CC=C2)=C/1. The van der Waals surface area contributed by atoms with Gasteiger partial charge in [0.05, 0.1) is 5.69 Å². The van der Waals surface area contributed by atoms with Crippen LogP contribution >= 0.6 is 12.2 Å². The number of nitrogens with zero attached hydrogens (tertiary/aromatic N) is 2. The molecule has 0 saturated heterocycles. The van der Waals surface area contributed by atoms with Gasteiger partial charge in [0, 0.05) is 33.2 Å². The predicted octanol–water partition coefficient (Wildman–Crippen LogP) is 7.65. The minimum atomic E-state index is -1.29. The number of hydrogen-bond acceptors (Lipinski definition) is 4. The van der Waals surface area contributed by atoms with Gasteiger partial charge in [-0.3, -0.25) is 9.36 Å². The second kappa shape index (κ2) is 9.97. The van der Waals surface area contributed by atoms with Crippen LogP contribution in [-0.2, 0) is 0 Å². The van der Waals surface area contributed by atoms with Gasteiger partial charge in [-0.05, 0) is 42.4 Å². The zero-order valence-electron chi connectivity index (χ0n) is 23.6. The smallest absolute Gasteiger partial charge is 0.341 e. The molecule has 5 rings (SSSR count). The highest BCUT2D eigenvalue weighted by atomic mass is 32.1. The van der Waals surface area contributed by atoms with Crippen LogP contribution in [0.1, 0.15) is 63.5 Å². The molecule has 40 heavy (non-hydrogen) atoms. The minimum Gasteiger partial charge on any atom is -0.477 e. The molecule has 7 heteroatoms. The van der Waals surface area contributed by atoms with Crippen molar-refractivity contribution in [1.29, 1.82) is 0 Å². The number of allylic oxidation sites excluding steroid dienone is 14. The molecule has 0 aromatic carbocycles. The number of aromatic carboxylic acids is 1. The molecule has 0 fully saturated rings. The Labute approximate surface area is 239 Å². The standard InChI is InChI=1S/C33H35N3O3S/c1-6-13-32(4)17-16-31(2,3)15-12-21(19-32)26-24-18-25(29(38)39)28(37)36(27(24)35-30(40)34-26)23-9-7-8-14-33(5,20-23)22-10-11-22/h7-12,14-20,22H,6,13H2,1-5H3,(H,38,39)(H,34,35,40)/b15-12-,17-16-,21-19+. The minimum absolute atomic E-state index is 0.188. The molecule has 2 atom stereocenters. The zero-order valence-corrected chi connectivity index (χ0v) is 24.4. The van der Waals surface area contributed by atoms with Crippen LogP contribution in [0.4, 0.5) is 0 Å². The maximum atomic E-state index is 13.8. The quantitative estimate of drug-likeness (QED) is 0.283. The van der Waals surface area contributed by atoms with Crippen molar-refractivity contribution in [1.82, 2.24) is 14.5 Å². The second-order valence-electron chi connectivity index (χ2n) is 12.1. The van der Waals surface area contributed by atoms with E-state index in [0.29, 0.717) is 22.4 Å². The molecule has 2 aromatic rings. The summed E-state index contributed by atoms with van der Waals surface area (Å²) in [4.78, 5) is 34.0. The van der Waals surface area contributed by atoms with Crippen molar-refractivity contribution in [2.45, 2.75) is 47.5 Å². The first-order chi connectivity index (χ1) is 18.8. The molecule has 0 spiro atoms. The van der Waals surface area contributed by atoms with E-state index in [2.05, 4.69) is 93.2 Å². The van der Waals surface area contributed by atoms with E-state index in [9.17, 15) is 14.7 Å². The lowest BCUT2D eigenvalue weighted by atomic mass is 9.78. The fourth-order valence-corrected chi connectivity index (χ4v) is 5.72. The Morgan fingerprint density at radius 2 is 1.82 bits per heavy atom. The van der Waals surface area contributed by atoms with Gasteiger partial charge in [0.2, 0.25) is 0 Å². The summed E-state index contributed by atoms with van der Waals surface area (Å²) in [5.41, 5.74) is 0.615. The van der Waals surface area contributed by atoms with E-state index in [1.54, 1.807) is 0 Å². The molecule has 3 aliphatic carbocycles. The molecule has 2 N–H and O–H groups in total. The normalized spacial score (nSPS) is 28.2. The fourth-order valence-electron chi connectivity index (χ4n) is 5.54. The summed E-state index contributed by atoms with van der Waals surface area (Å²) < 4.78 is 1.61. The van der Waals surface area contributed by atoms with Crippen molar-refractivity contribution in [3.8, 4) is 0 Å². The average molecular weight is 554 g/mol. The number of fused-ring (bicyclic) bond motifs is 1. The third kappa shape index (κ3) is 5.30. The summed E-state index contributed by atoms with van der Waals surface area (Å²) in [5.74, 6) is -1.06. The maximum Gasteiger partial charge on any atom is 0.341 e. The predicted molar refractivity (Wildman–Crippen MR) is 164 cm³/mol. The third-order valence-corrected chi connectivity index (χ3v) is 8.11. The molecule has 0 radical (unpaired) electrons. The highest BCUT2D eigenvalue weighted by Gasteiger charge is 2.34. The second-order valence-corrected chi connectivity index (χ2v) is 12.5. The van der Waals surface area contributed by atoms with Crippen molar-refractivity contribution < 1.29 is 9.90 Å². The van der Waals surface area contributed by atoms with Crippen molar-refractivity contribution in [3.63, 3.8) is 0 Å². The van der Waals surface area contributed by atoms with Crippen LogP contribution in [0.3, 0.4) is 0 Å².